The van der Waals surface area contributed by atoms with Crippen molar-refractivity contribution in [2.45, 2.75) is 13.0 Å². The minimum absolute atomic E-state index is 0.265. The maximum Gasteiger partial charge on any atom is 0.410 e. The Hall–Kier alpha value is -1.75. The molecule has 1 unspecified atom stereocenters. The van der Waals surface area contributed by atoms with E-state index in [1.54, 1.807) is 4.90 Å². The van der Waals surface area contributed by atoms with E-state index < -0.39 is 0 Å². The average Bonchev–Trinajstić information content (AvgIpc) is 2.76. The summed E-state index contributed by atoms with van der Waals surface area (Å²) in [6.45, 7) is 4.01. The normalized spacial score (nSPS) is 16.6. The molecule has 5 heteroatoms. The van der Waals surface area contributed by atoms with Crippen molar-refractivity contribution >= 4 is 6.09 Å². The summed E-state index contributed by atoms with van der Waals surface area (Å²) >= 11 is 0. The van der Waals surface area contributed by atoms with Crippen LogP contribution in [0.1, 0.15) is 18.5 Å². The number of nitrogens with two attached hydrogens (primary N) is 1. The van der Waals surface area contributed by atoms with Gasteiger partial charge in [0.2, 0.25) is 0 Å². The van der Waals surface area contributed by atoms with Gasteiger partial charge < -0.3 is 20.1 Å². The van der Waals surface area contributed by atoms with Crippen molar-refractivity contribution in [3.05, 3.63) is 29.8 Å². The van der Waals surface area contributed by atoms with Crippen LogP contribution in [-0.4, -0.2) is 37.3 Å². The van der Waals surface area contributed by atoms with Crippen molar-refractivity contribution in [3.63, 3.8) is 0 Å². The first kappa shape index (κ1) is 12.7. The molecule has 1 aromatic carbocycles. The zero-order chi connectivity index (χ0) is 13.0. The standard InChI is InChI=1S/C13H18N2O3/c1-2-17-12-6-4-3-5-10(12)11(14)9-15-7-8-18-13(15)16/h3-6,11H,2,7-9,14H2,1H3. The molecule has 1 amide bonds. The van der Waals surface area contributed by atoms with Gasteiger partial charge in [-0.1, -0.05) is 18.2 Å². The van der Waals surface area contributed by atoms with Crippen LogP contribution in [0.4, 0.5) is 4.79 Å². The second-order valence-corrected chi connectivity index (χ2v) is 4.14. The Morgan fingerprint density at radius 3 is 2.94 bits per heavy atom. The van der Waals surface area contributed by atoms with Gasteiger partial charge in [0.05, 0.1) is 19.2 Å². The van der Waals surface area contributed by atoms with E-state index in [1.807, 2.05) is 31.2 Å². The Morgan fingerprint density at radius 2 is 2.28 bits per heavy atom. The molecule has 18 heavy (non-hydrogen) atoms. The molecule has 1 heterocycles. The molecule has 1 atom stereocenters. The summed E-state index contributed by atoms with van der Waals surface area (Å²) in [5.41, 5.74) is 7.05. The highest BCUT2D eigenvalue weighted by Crippen LogP contribution is 2.24. The zero-order valence-electron chi connectivity index (χ0n) is 10.5. The third-order valence-corrected chi connectivity index (χ3v) is 2.88. The molecular weight excluding hydrogens is 232 g/mol. The Labute approximate surface area is 106 Å². The number of para-hydroxylation sites is 1. The minimum atomic E-state index is -0.292. The highest BCUT2D eigenvalue weighted by Gasteiger charge is 2.25. The van der Waals surface area contributed by atoms with E-state index in [0.29, 0.717) is 26.3 Å². The minimum Gasteiger partial charge on any atom is -0.494 e. The molecule has 1 fully saturated rings. The van der Waals surface area contributed by atoms with Gasteiger partial charge in [0.1, 0.15) is 12.4 Å². The van der Waals surface area contributed by atoms with E-state index in [0.717, 1.165) is 11.3 Å². The summed E-state index contributed by atoms with van der Waals surface area (Å²) in [5, 5.41) is 0. The Kier molecular flexibility index (Phi) is 4.04. The third-order valence-electron chi connectivity index (χ3n) is 2.88. The van der Waals surface area contributed by atoms with Crippen LogP contribution in [0.5, 0.6) is 5.75 Å². The lowest BCUT2D eigenvalue weighted by atomic mass is 10.1. The van der Waals surface area contributed by atoms with E-state index in [-0.39, 0.29) is 12.1 Å². The molecule has 0 radical (unpaired) electrons. The topological polar surface area (TPSA) is 64.8 Å². The van der Waals surface area contributed by atoms with Crippen molar-refractivity contribution in [2.75, 3.05) is 26.3 Å². The summed E-state index contributed by atoms with van der Waals surface area (Å²) < 4.78 is 10.4. The summed E-state index contributed by atoms with van der Waals surface area (Å²) in [7, 11) is 0. The van der Waals surface area contributed by atoms with Gasteiger partial charge in [0, 0.05) is 12.1 Å². The van der Waals surface area contributed by atoms with E-state index in [2.05, 4.69) is 0 Å². The summed E-state index contributed by atoms with van der Waals surface area (Å²) in [6.07, 6.45) is -0.292. The predicted molar refractivity (Wildman–Crippen MR) is 67.5 cm³/mol. The maximum absolute atomic E-state index is 11.4. The van der Waals surface area contributed by atoms with Crippen molar-refractivity contribution in [1.29, 1.82) is 0 Å². The van der Waals surface area contributed by atoms with Gasteiger partial charge in [0.15, 0.2) is 0 Å². The zero-order valence-corrected chi connectivity index (χ0v) is 10.5. The van der Waals surface area contributed by atoms with Crippen molar-refractivity contribution in [2.24, 2.45) is 5.73 Å². The molecular formula is C13H18N2O3. The summed E-state index contributed by atoms with van der Waals surface area (Å²) in [6, 6.07) is 7.38. The molecule has 0 bridgehead atoms. The monoisotopic (exact) mass is 250 g/mol. The van der Waals surface area contributed by atoms with E-state index >= 15 is 0 Å². The average molecular weight is 250 g/mol. The Bertz CT molecular complexity index is 422. The van der Waals surface area contributed by atoms with Crippen LogP contribution < -0.4 is 10.5 Å². The molecule has 0 saturated carbocycles. The number of hydrogen-bond acceptors (Lipinski definition) is 4. The molecule has 5 nitrogen and oxygen atoms in total. The maximum atomic E-state index is 11.4. The predicted octanol–water partition coefficient (Wildman–Crippen LogP) is 1.54. The van der Waals surface area contributed by atoms with Crippen LogP contribution in [0.2, 0.25) is 0 Å². The van der Waals surface area contributed by atoms with Gasteiger partial charge in [-0.25, -0.2) is 4.79 Å². The first-order chi connectivity index (χ1) is 8.72. The number of nitrogens with zero attached hydrogens (tertiary/aromatic N) is 1. The molecule has 2 rings (SSSR count). The molecule has 1 aliphatic rings. The van der Waals surface area contributed by atoms with Gasteiger partial charge in [0.25, 0.3) is 0 Å². The van der Waals surface area contributed by atoms with Gasteiger partial charge in [-0.15, -0.1) is 0 Å². The Balaban J connectivity index is 2.08. The van der Waals surface area contributed by atoms with E-state index in [4.69, 9.17) is 15.2 Å². The SMILES string of the molecule is CCOc1ccccc1C(N)CN1CCOC1=O. The lowest BCUT2D eigenvalue weighted by Crippen LogP contribution is -2.33. The molecule has 2 N–H and O–H groups in total. The number of hydrogen-bond donors (Lipinski definition) is 1. The summed E-state index contributed by atoms with van der Waals surface area (Å²) in [4.78, 5) is 13.0. The quantitative estimate of drug-likeness (QED) is 0.860. The molecule has 0 aromatic heterocycles. The van der Waals surface area contributed by atoms with Crippen molar-refractivity contribution in [3.8, 4) is 5.75 Å². The number of benzene rings is 1. The van der Waals surface area contributed by atoms with E-state index in [9.17, 15) is 4.79 Å². The van der Waals surface area contributed by atoms with Crippen LogP contribution in [0.3, 0.4) is 0 Å². The lowest BCUT2D eigenvalue weighted by molar-refractivity contribution is 0.157. The highest BCUT2D eigenvalue weighted by molar-refractivity contribution is 5.69. The van der Waals surface area contributed by atoms with Crippen molar-refractivity contribution < 1.29 is 14.3 Å². The first-order valence-electron chi connectivity index (χ1n) is 6.11. The smallest absolute Gasteiger partial charge is 0.410 e. The fraction of sp³-hybridized carbons (Fsp3) is 0.462. The van der Waals surface area contributed by atoms with Gasteiger partial charge in [-0.3, -0.25) is 0 Å². The van der Waals surface area contributed by atoms with Gasteiger partial charge in [-0.2, -0.15) is 0 Å². The van der Waals surface area contributed by atoms with Crippen LogP contribution in [0.25, 0.3) is 0 Å². The van der Waals surface area contributed by atoms with Crippen molar-refractivity contribution in [1.82, 2.24) is 4.90 Å². The number of carbonyl (C=O) groups excluding carboxylic acids is 1. The molecule has 1 aromatic rings. The highest BCUT2D eigenvalue weighted by atomic mass is 16.6. The molecule has 0 spiro atoms. The Morgan fingerprint density at radius 1 is 1.50 bits per heavy atom. The van der Waals surface area contributed by atoms with Crippen LogP contribution in [-0.2, 0) is 4.74 Å². The molecule has 0 aliphatic carbocycles. The van der Waals surface area contributed by atoms with Crippen LogP contribution >= 0.6 is 0 Å². The summed E-state index contributed by atoms with van der Waals surface area (Å²) in [5.74, 6) is 0.778. The molecule has 1 saturated heterocycles. The number of rotatable bonds is 5. The number of carbonyl (C=O) groups is 1. The number of ether oxygens (including phenoxy) is 2. The molecule has 98 valence electrons. The van der Waals surface area contributed by atoms with Gasteiger partial charge in [-0.05, 0) is 13.0 Å². The first-order valence-corrected chi connectivity index (χ1v) is 6.11. The second kappa shape index (κ2) is 5.73. The van der Waals surface area contributed by atoms with Crippen LogP contribution in [0, 0.1) is 0 Å². The largest absolute Gasteiger partial charge is 0.494 e. The second-order valence-electron chi connectivity index (χ2n) is 4.14. The van der Waals surface area contributed by atoms with Crippen LogP contribution in [0.15, 0.2) is 24.3 Å². The fourth-order valence-electron chi connectivity index (χ4n) is 2.00. The third kappa shape index (κ3) is 2.73. The number of cyclic esters (lactones) is 1. The number of amides is 1. The molecule has 1 aliphatic heterocycles. The van der Waals surface area contributed by atoms with Gasteiger partial charge >= 0.3 is 6.09 Å². The fourth-order valence-corrected chi connectivity index (χ4v) is 2.00. The lowest BCUT2D eigenvalue weighted by Gasteiger charge is -2.20. The van der Waals surface area contributed by atoms with E-state index in [1.165, 1.54) is 0 Å².